The molecular formula is C13H11FN2OS. The number of carbonyl (C=O) groups is 1. The van der Waals surface area contributed by atoms with Crippen LogP contribution < -0.4 is 0 Å². The minimum absolute atomic E-state index is 0.0465. The number of aryl methyl sites for hydroxylation is 2. The van der Waals surface area contributed by atoms with Crippen molar-refractivity contribution in [1.82, 2.24) is 9.97 Å². The third-order valence-electron chi connectivity index (χ3n) is 2.29. The van der Waals surface area contributed by atoms with Crippen molar-refractivity contribution >= 4 is 18.0 Å². The summed E-state index contributed by atoms with van der Waals surface area (Å²) in [4.78, 5) is 19.9. The number of rotatable bonds is 3. The smallest absolute Gasteiger partial charge is 0.192 e. The van der Waals surface area contributed by atoms with E-state index >= 15 is 0 Å². The quantitative estimate of drug-likeness (QED) is 0.629. The maximum atomic E-state index is 13.4. The zero-order valence-corrected chi connectivity index (χ0v) is 10.8. The van der Waals surface area contributed by atoms with E-state index in [9.17, 15) is 9.18 Å². The molecule has 0 amide bonds. The molecular weight excluding hydrogens is 251 g/mol. The first kappa shape index (κ1) is 12.7. The molecule has 0 fully saturated rings. The molecule has 0 aliphatic carbocycles. The van der Waals surface area contributed by atoms with Gasteiger partial charge in [0, 0.05) is 16.3 Å². The first-order valence-corrected chi connectivity index (χ1v) is 6.15. The Kier molecular flexibility index (Phi) is 3.72. The van der Waals surface area contributed by atoms with Crippen LogP contribution >= 0.6 is 11.8 Å². The number of aromatic nitrogens is 2. The van der Waals surface area contributed by atoms with Crippen LogP contribution in [0.5, 0.6) is 0 Å². The van der Waals surface area contributed by atoms with Crippen LogP contribution in [-0.2, 0) is 0 Å². The molecule has 0 atom stereocenters. The van der Waals surface area contributed by atoms with E-state index in [0.29, 0.717) is 16.3 Å². The summed E-state index contributed by atoms with van der Waals surface area (Å²) in [6, 6.07) is 6.36. The molecule has 1 aromatic carbocycles. The van der Waals surface area contributed by atoms with Gasteiger partial charge in [-0.25, -0.2) is 14.4 Å². The summed E-state index contributed by atoms with van der Waals surface area (Å²) < 4.78 is 13.4. The van der Waals surface area contributed by atoms with Gasteiger partial charge in [-0.3, -0.25) is 4.79 Å². The molecule has 18 heavy (non-hydrogen) atoms. The SMILES string of the molecule is Cc1cc(C)nc(Sc2cccc(F)c2C=O)n1. The van der Waals surface area contributed by atoms with Crippen LogP contribution in [0.15, 0.2) is 34.3 Å². The average molecular weight is 262 g/mol. The van der Waals surface area contributed by atoms with E-state index in [1.165, 1.54) is 17.8 Å². The number of halogens is 1. The third kappa shape index (κ3) is 2.73. The highest BCUT2D eigenvalue weighted by Crippen LogP contribution is 2.28. The second-order valence-electron chi connectivity index (χ2n) is 3.80. The topological polar surface area (TPSA) is 42.9 Å². The number of hydrogen-bond acceptors (Lipinski definition) is 4. The van der Waals surface area contributed by atoms with E-state index in [2.05, 4.69) is 9.97 Å². The summed E-state index contributed by atoms with van der Waals surface area (Å²) >= 11 is 1.19. The molecule has 0 bridgehead atoms. The molecule has 1 aromatic heterocycles. The minimum atomic E-state index is -0.528. The van der Waals surface area contributed by atoms with Crippen LogP contribution in [0, 0.1) is 19.7 Å². The molecule has 5 heteroatoms. The van der Waals surface area contributed by atoms with Crippen LogP contribution in [0.4, 0.5) is 4.39 Å². The van der Waals surface area contributed by atoms with Crippen molar-refractivity contribution in [2.24, 2.45) is 0 Å². The molecule has 0 spiro atoms. The maximum absolute atomic E-state index is 13.4. The van der Waals surface area contributed by atoms with Gasteiger partial charge in [-0.05, 0) is 43.8 Å². The Bertz CT molecular complexity index is 581. The van der Waals surface area contributed by atoms with Crippen molar-refractivity contribution < 1.29 is 9.18 Å². The lowest BCUT2D eigenvalue weighted by molar-refractivity contribution is 0.111. The molecule has 0 N–H and O–H groups in total. The van der Waals surface area contributed by atoms with Crippen molar-refractivity contribution in [2.45, 2.75) is 23.9 Å². The molecule has 2 aromatic rings. The number of benzene rings is 1. The lowest BCUT2D eigenvalue weighted by atomic mass is 10.2. The third-order valence-corrected chi connectivity index (χ3v) is 3.23. The lowest BCUT2D eigenvalue weighted by Gasteiger charge is -2.05. The van der Waals surface area contributed by atoms with Crippen LogP contribution in [-0.4, -0.2) is 16.3 Å². The summed E-state index contributed by atoms with van der Waals surface area (Å²) in [6.07, 6.45) is 0.514. The fourth-order valence-electron chi connectivity index (χ4n) is 1.56. The van der Waals surface area contributed by atoms with Gasteiger partial charge in [0.25, 0.3) is 0 Å². The maximum Gasteiger partial charge on any atom is 0.192 e. The molecule has 0 aliphatic rings. The van der Waals surface area contributed by atoms with Crippen LogP contribution in [0.1, 0.15) is 21.7 Å². The van der Waals surface area contributed by atoms with Gasteiger partial charge in [0.15, 0.2) is 11.4 Å². The van der Waals surface area contributed by atoms with E-state index in [1.807, 2.05) is 19.9 Å². The first-order valence-electron chi connectivity index (χ1n) is 5.34. The van der Waals surface area contributed by atoms with Gasteiger partial charge in [-0.15, -0.1) is 0 Å². The van der Waals surface area contributed by atoms with Gasteiger partial charge in [0.05, 0.1) is 5.56 Å². The lowest BCUT2D eigenvalue weighted by Crippen LogP contribution is -1.95. The predicted molar refractivity (Wildman–Crippen MR) is 67.4 cm³/mol. The Hall–Kier alpha value is -1.75. The predicted octanol–water partition coefficient (Wildman–Crippen LogP) is 3.20. The molecule has 0 saturated heterocycles. The molecule has 0 aliphatic heterocycles. The normalized spacial score (nSPS) is 10.4. The fraction of sp³-hybridized carbons (Fsp3) is 0.154. The Morgan fingerprint density at radius 3 is 2.50 bits per heavy atom. The Morgan fingerprint density at radius 2 is 1.89 bits per heavy atom. The monoisotopic (exact) mass is 262 g/mol. The van der Waals surface area contributed by atoms with Gasteiger partial charge in [-0.2, -0.15) is 0 Å². The van der Waals surface area contributed by atoms with Crippen molar-refractivity contribution in [3.8, 4) is 0 Å². The zero-order valence-electron chi connectivity index (χ0n) is 9.98. The van der Waals surface area contributed by atoms with Gasteiger partial charge < -0.3 is 0 Å². The summed E-state index contributed by atoms with van der Waals surface area (Å²) in [5, 5.41) is 0.515. The number of nitrogens with zero attached hydrogens (tertiary/aromatic N) is 2. The summed E-state index contributed by atoms with van der Waals surface area (Å²) in [5.41, 5.74) is 1.73. The molecule has 0 radical (unpaired) electrons. The average Bonchev–Trinajstić information content (AvgIpc) is 2.27. The molecule has 3 nitrogen and oxygen atoms in total. The Morgan fingerprint density at radius 1 is 1.22 bits per heavy atom. The molecule has 0 unspecified atom stereocenters. The fourth-order valence-corrected chi connectivity index (χ4v) is 2.54. The Balaban J connectivity index is 2.39. The molecule has 0 saturated carbocycles. The second kappa shape index (κ2) is 5.27. The molecule has 2 rings (SSSR count). The van der Waals surface area contributed by atoms with Gasteiger partial charge in [0.2, 0.25) is 0 Å². The van der Waals surface area contributed by atoms with E-state index in [-0.39, 0.29) is 5.56 Å². The van der Waals surface area contributed by atoms with Crippen molar-refractivity contribution in [1.29, 1.82) is 0 Å². The molecule has 1 heterocycles. The van der Waals surface area contributed by atoms with Crippen LogP contribution in [0.2, 0.25) is 0 Å². The Labute approximate surface area is 108 Å². The van der Waals surface area contributed by atoms with Crippen LogP contribution in [0.25, 0.3) is 0 Å². The largest absolute Gasteiger partial charge is 0.298 e. The van der Waals surface area contributed by atoms with E-state index in [1.54, 1.807) is 12.1 Å². The van der Waals surface area contributed by atoms with Crippen molar-refractivity contribution in [3.63, 3.8) is 0 Å². The van der Waals surface area contributed by atoms with Crippen molar-refractivity contribution in [2.75, 3.05) is 0 Å². The summed E-state index contributed by atoms with van der Waals surface area (Å²) in [6.45, 7) is 3.73. The zero-order chi connectivity index (χ0) is 13.1. The first-order chi connectivity index (χ1) is 8.60. The van der Waals surface area contributed by atoms with E-state index < -0.39 is 5.82 Å². The number of hydrogen-bond donors (Lipinski definition) is 0. The summed E-state index contributed by atoms with van der Waals surface area (Å²) in [7, 11) is 0. The minimum Gasteiger partial charge on any atom is -0.298 e. The van der Waals surface area contributed by atoms with Crippen molar-refractivity contribution in [3.05, 3.63) is 47.0 Å². The number of aldehydes is 1. The van der Waals surface area contributed by atoms with Gasteiger partial charge in [0.1, 0.15) is 5.82 Å². The second-order valence-corrected chi connectivity index (χ2v) is 4.81. The molecule has 92 valence electrons. The highest BCUT2D eigenvalue weighted by Gasteiger charge is 2.10. The highest BCUT2D eigenvalue weighted by atomic mass is 32.2. The van der Waals surface area contributed by atoms with E-state index in [4.69, 9.17) is 0 Å². The number of carbonyl (C=O) groups excluding carboxylic acids is 1. The summed E-state index contributed by atoms with van der Waals surface area (Å²) in [5.74, 6) is -0.528. The van der Waals surface area contributed by atoms with Crippen LogP contribution in [0.3, 0.4) is 0 Å². The van der Waals surface area contributed by atoms with Gasteiger partial charge >= 0.3 is 0 Å². The van der Waals surface area contributed by atoms with Gasteiger partial charge in [-0.1, -0.05) is 6.07 Å². The highest BCUT2D eigenvalue weighted by molar-refractivity contribution is 7.99. The van der Waals surface area contributed by atoms with E-state index in [0.717, 1.165) is 11.4 Å². The standard InChI is InChI=1S/C13H11FN2OS/c1-8-6-9(2)16-13(15-8)18-12-5-3-4-11(14)10(12)7-17/h3-7H,1-2H3.